The van der Waals surface area contributed by atoms with Crippen molar-refractivity contribution in [2.45, 2.75) is 38.4 Å². The maximum absolute atomic E-state index is 12.7. The molecular formula is C21H23NO4. The topological polar surface area (TPSA) is 73.9 Å². The molecule has 2 aromatic rings. The fourth-order valence-electron chi connectivity index (χ4n) is 3.17. The summed E-state index contributed by atoms with van der Waals surface area (Å²) < 4.78 is 5.49. The summed E-state index contributed by atoms with van der Waals surface area (Å²) in [4.78, 5) is 14.3. The van der Waals surface area contributed by atoms with Gasteiger partial charge in [0.05, 0.1) is 6.54 Å². The molecule has 5 nitrogen and oxygen atoms in total. The molecule has 1 unspecified atom stereocenters. The van der Waals surface area contributed by atoms with E-state index in [1.165, 1.54) is 0 Å². The Kier molecular flexibility index (Phi) is 4.66. The van der Waals surface area contributed by atoms with Crippen LogP contribution in [0.4, 0.5) is 0 Å². The third kappa shape index (κ3) is 3.82. The van der Waals surface area contributed by atoms with Gasteiger partial charge in [-0.25, -0.2) is 0 Å². The Hall–Kier alpha value is -2.55. The van der Waals surface area contributed by atoms with E-state index in [1.54, 1.807) is 30.9 Å². The van der Waals surface area contributed by atoms with Gasteiger partial charge in [-0.2, -0.15) is 0 Å². The monoisotopic (exact) mass is 353 g/mol. The number of carbonyl (C=O) groups excluding carboxylic acids is 1. The van der Waals surface area contributed by atoms with Crippen LogP contribution in [0.1, 0.15) is 47.7 Å². The second kappa shape index (κ2) is 6.64. The number of hydrogen-bond acceptors (Lipinski definition) is 4. The van der Waals surface area contributed by atoms with Crippen LogP contribution in [0.5, 0.6) is 0 Å². The summed E-state index contributed by atoms with van der Waals surface area (Å²) >= 11 is 0. The van der Waals surface area contributed by atoms with Gasteiger partial charge in [-0.15, -0.1) is 0 Å². The van der Waals surface area contributed by atoms with Crippen molar-refractivity contribution >= 4 is 5.91 Å². The van der Waals surface area contributed by atoms with E-state index in [2.05, 4.69) is 11.8 Å². The lowest BCUT2D eigenvalue weighted by atomic mass is 9.89. The minimum Gasteiger partial charge on any atom is -0.443 e. The molecule has 0 radical (unpaired) electrons. The summed E-state index contributed by atoms with van der Waals surface area (Å²) in [6.07, 6.45) is 0.482. The maximum atomic E-state index is 12.7. The first-order chi connectivity index (χ1) is 12.2. The first-order valence-corrected chi connectivity index (χ1v) is 8.61. The van der Waals surface area contributed by atoms with Crippen LogP contribution in [0.2, 0.25) is 0 Å². The Labute approximate surface area is 153 Å². The molecule has 1 amide bonds. The standard InChI is InChI=1S/C21H23NO4/c1-15-6-4-5-7-17(15)21(25)12-13-22(14-21)19(23)18-9-8-16(26-18)10-11-20(2,3)24/h4-9,24-25H,12-14H2,1-3H3. The number of rotatable bonds is 2. The molecule has 2 N–H and O–H groups in total. The second-order valence-corrected chi connectivity index (χ2v) is 7.30. The summed E-state index contributed by atoms with van der Waals surface area (Å²) in [6, 6.07) is 10.9. The van der Waals surface area contributed by atoms with Crippen LogP contribution in [-0.4, -0.2) is 39.7 Å². The number of amides is 1. The number of carbonyl (C=O) groups is 1. The van der Waals surface area contributed by atoms with E-state index in [0.29, 0.717) is 18.7 Å². The molecular weight excluding hydrogens is 330 g/mol. The lowest BCUT2D eigenvalue weighted by molar-refractivity contribution is 0.0403. The van der Waals surface area contributed by atoms with E-state index in [0.717, 1.165) is 11.1 Å². The first-order valence-electron chi connectivity index (χ1n) is 8.61. The smallest absolute Gasteiger partial charge is 0.289 e. The van der Waals surface area contributed by atoms with Crippen molar-refractivity contribution in [3.05, 3.63) is 59.0 Å². The summed E-state index contributed by atoms with van der Waals surface area (Å²) in [5.74, 6) is 5.59. The minimum absolute atomic E-state index is 0.180. The third-order valence-electron chi connectivity index (χ3n) is 4.49. The Balaban J connectivity index is 1.75. The Morgan fingerprint density at radius 3 is 2.69 bits per heavy atom. The van der Waals surface area contributed by atoms with Crippen LogP contribution in [-0.2, 0) is 5.60 Å². The van der Waals surface area contributed by atoms with Crippen LogP contribution >= 0.6 is 0 Å². The van der Waals surface area contributed by atoms with E-state index >= 15 is 0 Å². The highest BCUT2D eigenvalue weighted by Crippen LogP contribution is 2.34. The van der Waals surface area contributed by atoms with Gasteiger partial charge in [0.1, 0.15) is 11.2 Å². The number of nitrogens with zero attached hydrogens (tertiary/aromatic N) is 1. The third-order valence-corrected chi connectivity index (χ3v) is 4.49. The van der Waals surface area contributed by atoms with Gasteiger partial charge >= 0.3 is 0 Å². The summed E-state index contributed by atoms with van der Waals surface area (Å²) in [5.41, 5.74) is -0.314. The number of likely N-dealkylation sites (tertiary alicyclic amines) is 1. The maximum Gasteiger partial charge on any atom is 0.289 e. The van der Waals surface area contributed by atoms with Crippen LogP contribution in [0.25, 0.3) is 0 Å². The van der Waals surface area contributed by atoms with Crippen molar-refractivity contribution in [2.24, 2.45) is 0 Å². The predicted molar refractivity (Wildman–Crippen MR) is 97.5 cm³/mol. The van der Waals surface area contributed by atoms with Crippen molar-refractivity contribution in [3.63, 3.8) is 0 Å². The van der Waals surface area contributed by atoms with Gasteiger partial charge in [0, 0.05) is 6.54 Å². The molecule has 1 aromatic heterocycles. The highest BCUT2D eigenvalue weighted by Gasteiger charge is 2.41. The highest BCUT2D eigenvalue weighted by atomic mass is 16.4. The van der Waals surface area contributed by atoms with Gasteiger partial charge in [-0.1, -0.05) is 30.2 Å². The average molecular weight is 353 g/mol. The molecule has 136 valence electrons. The van der Waals surface area contributed by atoms with Gasteiger partial charge < -0.3 is 19.5 Å². The van der Waals surface area contributed by atoms with Crippen molar-refractivity contribution in [2.75, 3.05) is 13.1 Å². The van der Waals surface area contributed by atoms with Crippen molar-refractivity contribution in [3.8, 4) is 11.8 Å². The summed E-state index contributed by atoms with van der Waals surface area (Å²) in [7, 11) is 0. The van der Waals surface area contributed by atoms with Gasteiger partial charge in [-0.3, -0.25) is 4.79 Å². The highest BCUT2D eigenvalue weighted by molar-refractivity contribution is 5.92. The van der Waals surface area contributed by atoms with Gasteiger partial charge in [-0.05, 0) is 56.4 Å². The van der Waals surface area contributed by atoms with E-state index in [4.69, 9.17) is 4.42 Å². The van der Waals surface area contributed by atoms with Crippen LogP contribution in [0.15, 0.2) is 40.8 Å². The Morgan fingerprint density at radius 2 is 2.00 bits per heavy atom. The fourth-order valence-corrected chi connectivity index (χ4v) is 3.17. The zero-order chi connectivity index (χ0) is 18.9. The number of benzene rings is 1. The molecule has 1 aliphatic heterocycles. The molecule has 3 rings (SSSR count). The van der Waals surface area contributed by atoms with Crippen molar-refractivity contribution in [1.82, 2.24) is 4.90 Å². The molecule has 5 heteroatoms. The molecule has 2 heterocycles. The molecule has 1 atom stereocenters. The van der Waals surface area contributed by atoms with Crippen molar-refractivity contribution in [1.29, 1.82) is 0 Å². The molecule has 1 aliphatic rings. The first kappa shape index (κ1) is 18.2. The quantitative estimate of drug-likeness (QED) is 0.814. The number of aliphatic hydroxyl groups is 2. The van der Waals surface area contributed by atoms with E-state index in [9.17, 15) is 15.0 Å². The van der Waals surface area contributed by atoms with Gasteiger partial charge in [0.15, 0.2) is 11.5 Å². The number of aryl methyl sites for hydroxylation is 1. The largest absolute Gasteiger partial charge is 0.443 e. The molecule has 1 fully saturated rings. The normalized spacial score (nSPS) is 20.0. The lowest BCUT2D eigenvalue weighted by Crippen LogP contribution is -2.34. The number of β-amino-alcohol motifs (C(OH)–C–C–N with tert-alkyl or cyclic N) is 1. The number of furan rings is 1. The summed E-state index contributed by atoms with van der Waals surface area (Å²) in [6.45, 7) is 5.78. The zero-order valence-corrected chi connectivity index (χ0v) is 15.2. The van der Waals surface area contributed by atoms with Crippen LogP contribution in [0, 0.1) is 18.8 Å². The SMILES string of the molecule is Cc1ccccc1C1(O)CCN(C(=O)c2ccc(C#CC(C)(C)O)o2)C1. The Bertz CT molecular complexity index is 881. The zero-order valence-electron chi connectivity index (χ0n) is 15.2. The van der Waals surface area contributed by atoms with E-state index in [1.807, 2.05) is 31.2 Å². The van der Waals surface area contributed by atoms with Gasteiger partial charge in [0.2, 0.25) is 0 Å². The lowest BCUT2D eigenvalue weighted by Gasteiger charge is -2.25. The molecule has 0 aliphatic carbocycles. The van der Waals surface area contributed by atoms with Crippen LogP contribution < -0.4 is 0 Å². The van der Waals surface area contributed by atoms with Crippen LogP contribution in [0.3, 0.4) is 0 Å². The minimum atomic E-state index is -1.13. The molecule has 26 heavy (non-hydrogen) atoms. The molecule has 0 bridgehead atoms. The van der Waals surface area contributed by atoms with Crippen molar-refractivity contribution < 1.29 is 19.4 Å². The second-order valence-electron chi connectivity index (χ2n) is 7.30. The van der Waals surface area contributed by atoms with Gasteiger partial charge in [0.25, 0.3) is 5.91 Å². The summed E-state index contributed by atoms with van der Waals surface area (Å²) in [5, 5.41) is 20.7. The predicted octanol–water partition coefficient (Wildman–Crippen LogP) is 2.44. The molecule has 0 saturated carbocycles. The average Bonchev–Trinajstić information content (AvgIpc) is 3.20. The van der Waals surface area contributed by atoms with E-state index in [-0.39, 0.29) is 18.2 Å². The fraction of sp³-hybridized carbons (Fsp3) is 0.381. The molecule has 0 spiro atoms. The molecule has 1 saturated heterocycles. The molecule has 1 aromatic carbocycles. The number of hydrogen-bond donors (Lipinski definition) is 2. The Morgan fingerprint density at radius 1 is 1.27 bits per heavy atom. The van der Waals surface area contributed by atoms with E-state index < -0.39 is 11.2 Å².